The monoisotopic (exact) mass is 330 g/mol. The maximum absolute atomic E-state index is 12.1. The third kappa shape index (κ3) is 2.90. The fourth-order valence-electron chi connectivity index (χ4n) is 2.59. The number of carbonyl (C=O) groups is 1. The molecule has 1 aliphatic rings. The average molecular weight is 331 g/mol. The molecule has 0 aliphatic heterocycles. The van der Waals surface area contributed by atoms with Crippen LogP contribution in [0.3, 0.4) is 0 Å². The Hall–Kier alpha value is -1.68. The lowest BCUT2D eigenvalue weighted by Crippen LogP contribution is -2.39. The lowest BCUT2D eigenvalue weighted by atomic mass is 9.88. The van der Waals surface area contributed by atoms with E-state index in [2.05, 4.69) is 50.5 Å². The molecule has 0 radical (unpaired) electrons. The number of hydrogen-bond donors (Lipinski definition) is 1. The number of aromatic nitrogens is 1. The maximum atomic E-state index is 12.1. The van der Waals surface area contributed by atoms with E-state index in [9.17, 15) is 4.79 Å². The number of nitrogens with one attached hydrogen (secondary N) is 1. The topological polar surface area (TPSA) is 42.0 Å². The Morgan fingerprint density at radius 2 is 2.00 bits per heavy atom. The summed E-state index contributed by atoms with van der Waals surface area (Å²) in [6, 6.07) is 12.2. The van der Waals surface area contributed by atoms with Gasteiger partial charge in [0.25, 0.3) is 5.91 Å². The van der Waals surface area contributed by atoms with Crippen molar-refractivity contribution in [2.75, 3.05) is 0 Å². The zero-order valence-electron chi connectivity index (χ0n) is 11.0. The van der Waals surface area contributed by atoms with Crippen LogP contribution < -0.4 is 5.32 Å². The van der Waals surface area contributed by atoms with Gasteiger partial charge in [-0.15, -0.1) is 0 Å². The number of fused-ring (bicyclic) bond motifs is 1. The molecule has 0 fully saturated rings. The second-order valence-corrected chi connectivity index (χ2v) is 5.96. The van der Waals surface area contributed by atoms with Gasteiger partial charge in [-0.3, -0.25) is 4.79 Å². The number of hydrogen-bond acceptors (Lipinski definition) is 2. The molecule has 0 spiro atoms. The quantitative estimate of drug-likeness (QED) is 0.919. The van der Waals surface area contributed by atoms with E-state index in [1.807, 2.05) is 6.07 Å². The summed E-state index contributed by atoms with van der Waals surface area (Å²) >= 11 is 3.32. The van der Waals surface area contributed by atoms with Crippen LogP contribution in [0.15, 0.2) is 47.1 Å². The Labute approximate surface area is 126 Å². The van der Waals surface area contributed by atoms with E-state index >= 15 is 0 Å². The SMILES string of the molecule is O=C(NC1CCc2ccccc2C1)c1ccc(Br)cn1. The summed E-state index contributed by atoms with van der Waals surface area (Å²) in [4.78, 5) is 16.3. The summed E-state index contributed by atoms with van der Waals surface area (Å²) in [6.45, 7) is 0. The largest absolute Gasteiger partial charge is 0.348 e. The summed E-state index contributed by atoms with van der Waals surface area (Å²) < 4.78 is 0.876. The van der Waals surface area contributed by atoms with E-state index in [-0.39, 0.29) is 11.9 Å². The fourth-order valence-corrected chi connectivity index (χ4v) is 2.82. The molecule has 4 heteroatoms. The number of halogens is 1. The first-order valence-electron chi connectivity index (χ1n) is 6.71. The molecule has 3 rings (SSSR count). The molecular weight excluding hydrogens is 316 g/mol. The van der Waals surface area contributed by atoms with Crippen LogP contribution in [0.2, 0.25) is 0 Å². The highest BCUT2D eigenvalue weighted by molar-refractivity contribution is 9.10. The predicted octanol–water partition coefficient (Wildman–Crippen LogP) is 3.13. The number of aryl methyl sites for hydroxylation is 1. The van der Waals surface area contributed by atoms with Crippen LogP contribution in [-0.4, -0.2) is 16.9 Å². The van der Waals surface area contributed by atoms with Crippen LogP contribution in [0.4, 0.5) is 0 Å². The number of pyridine rings is 1. The molecule has 0 saturated heterocycles. The first kappa shape index (κ1) is 13.3. The maximum Gasteiger partial charge on any atom is 0.270 e. The van der Waals surface area contributed by atoms with Crippen molar-refractivity contribution in [1.29, 1.82) is 0 Å². The van der Waals surface area contributed by atoms with Gasteiger partial charge in [0.15, 0.2) is 0 Å². The third-order valence-electron chi connectivity index (χ3n) is 3.64. The van der Waals surface area contributed by atoms with Gasteiger partial charge < -0.3 is 5.32 Å². The van der Waals surface area contributed by atoms with Crippen molar-refractivity contribution in [3.63, 3.8) is 0 Å². The number of benzene rings is 1. The molecule has 0 bridgehead atoms. The van der Waals surface area contributed by atoms with E-state index in [4.69, 9.17) is 0 Å². The van der Waals surface area contributed by atoms with Crippen molar-refractivity contribution >= 4 is 21.8 Å². The van der Waals surface area contributed by atoms with Crippen molar-refractivity contribution in [3.05, 3.63) is 63.9 Å². The molecule has 1 amide bonds. The molecule has 1 aromatic heterocycles. The highest BCUT2D eigenvalue weighted by atomic mass is 79.9. The van der Waals surface area contributed by atoms with Gasteiger partial charge >= 0.3 is 0 Å². The van der Waals surface area contributed by atoms with E-state index in [1.54, 1.807) is 12.3 Å². The van der Waals surface area contributed by atoms with E-state index in [1.165, 1.54) is 11.1 Å². The number of carbonyl (C=O) groups excluding carboxylic acids is 1. The Kier molecular flexibility index (Phi) is 3.83. The van der Waals surface area contributed by atoms with Crippen molar-refractivity contribution < 1.29 is 4.79 Å². The molecule has 0 saturated carbocycles. The number of amides is 1. The number of nitrogens with zero attached hydrogens (tertiary/aromatic N) is 1. The Morgan fingerprint density at radius 1 is 1.20 bits per heavy atom. The molecule has 1 N–H and O–H groups in total. The van der Waals surface area contributed by atoms with Crippen LogP contribution in [0, 0.1) is 0 Å². The zero-order valence-corrected chi connectivity index (χ0v) is 12.6. The van der Waals surface area contributed by atoms with Gasteiger partial charge in [-0.25, -0.2) is 4.98 Å². The highest BCUT2D eigenvalue weighted by Gasteiger charge is 2.20. The van der Waals surface area contributed by atoms with Gasteiger partial charge in [0, 0.05) is 16.7 Å². The van der Waals surface area contributed by atoms with Gasteiger partial charge in [-0.05, 0) is 58.5 Å². The normalized spacial score (nSPS) is 17.4. The van der Waals surface area contributed by atoms with Gasteiger partial charge in [-0.2, -0.15) is 0 Å². The average Bonchev–Trinajstić information content (AvgIpc) is 2.48. The minimum absolute atomic E-state index is 0.0955. The molecular formula is C16H15BrN2O. The van der Waals surface area contributed by atoms with Crippen molar-refractivity contribution in [2.24, 2.45) is 0 Å². The summed E-state index contributed by atoms with van der Waals surface area (Å²) in [5, 5.41) is 3.08. The van der Waals surface area contributed by atoms with E-state index in [0.29, 0.717) is 5.69 Å². The summed E-state index contributed by atoms with van der Waals surface area (Å²) in [5.41, 5.74) is 3.21. The first-order chi connectivity index (χ1) is 9.72. The van der Waals surface area contributed by atoms with Gasteiger partial charge in [0.05, 0.1) is 0 Å². The predicted molar refractivity (Wildman–Crippen MR) is 81.7 cm³/mol. The van der Waals surface area contributed by atoms with Crippen LogP contribution in [-0.2, 0) is 12.8 Å². The first-order valence-corrected chi connectivity index (χ1v) is 7.51. The molecule has 1 aromatic carbocycles. The molecule has 1 atom stereocenters. The second kappa shape index (κ2) is 5.75. The Balaban J connectivity index is 1.67. The van der Waals surface area contributed by atoms with Crippen LogP contribution in [0.5, 0.6) is 0 Å². The molecule has 2 aromatic rings. The van der Waals surface area contributed by atoms with E-state index in [0.717, 1.165) is 23.7 Å². The molecule has 1 heterocycles. The summed E-state index contributed by atoms with van der Waals surface area (Å²) in [7, 11) is 0. The molecule has 20 heavy (non-hydrogen) atoms. The Bertz CT molecular complexity index is 625. The van der Waals surface area contributed by atoms with Gasteiger partial charge in [0.1, 0.15) is 5.69 Å². The van der Waals surface area contributed by atoms with Crippen molar-refractivity contribution in [1.82, 2.24) is 10.3 Å². The lowest BCUT2D eigenvalue weighted by Gasteiger charge is -2.25. The standard InChI is InChI=1S/C16H15BrN2O/c17-13-6-8-15(18-10-13)16(20)19-14-7-5-11-3-1-2-4-12(11)9-14/h1-4,6,8,10,14H,5,7,9H2,(H,19,20). The zero-order chi connectivity index (χ0) is 13.9. The summed E-state index contributed by atoms with van der Waals surface area (Å²) in [5.74, 6) is -0.0955. The van der Waals surface area contributed by atoms with Gasteiger partial charge in [-0.1, -0.05) is 24.3 Å². The fraction of sp³-hybridized carbons (Fsp3) is 0.250. The lowest BCUT2D eigenvalue weighted by molar-refractivity contribution is 0.0928. The molecule has 3 nitrogen and oxygen atoms in total. The summed E-state index contributed by atoms with van der Waals surface area (Å²) in [6.07, 6.45) is 4.55. The molecule has 1 aliphatic carbocycles. The molecule has 1 unspecified atom stereocenters. The highest BCUT2D eigenvalue weighted by Crippen LogP contribution is 2.21. The van der Waals surface area contributed by atoms with Crippen LogP contribution >= 0.6 is 15.9 Å². The third-order valence-corrected chi connectivity index (χ3v) is 4.11. The second-order valence-electron chi connectivity index (χ2n) is 5.04. The van der Waals surface area contributed by atoms with E-state index < -0.39 is 0 Å². The minimum atomic E-state index is -0.0955. The van der Waals surface area contributed by atoms with Crippen molar-refractivity contribution in [2.45, 2.75) is 25.3 Å². The van der Waals surface area contributed by atoms with Crippen LogP contribution in [0.1, 0.15) is 28.0 Å². The smallest absolute Gasteiger partial charge is 0.270 e. The molecule has 102 valence electrons. The Morgan fingerprint density at radius 3 is 2.75 bits per heavy atom. The number of rotatable bonds is 2. The van der Waals surface area contributed by atoms with Crippen LogP contribution in [0.25, 0.3) is 0 Å². The van der Waals surface area contributed by atoms with Crippen molar-refractivity contribution in [3.8, 4) is 0 Å². The van der Waals surface area contributed by atoms with Gasteiger partial charge in [0.2, 0.25) is 0 Å². The minimum Gasteiger partial charge on any atom is -0.348 e.